The Morgan fingerprint density at radius 2 is 1.63 bits per heavy atom. The van der Waals surface area contributed by atoms with E-state index in [1.165, 1.54) is 24.3 Å². The number of rotatable bonds is 3. The molecule has 2 aromatic rings. The predicted octanol–water partition coefficient (Wildman–Crippen LogP) is 4.11. The molecule has 100 valence electrons. The van der Waals surface area contributed by atoms with Gasteiger partial charge in [0.2, 0.25) is 0 Å². The number of hydrogen-bond donors (Lipinski definition) is 1. The maximum Gasteiger partial charge on any atom is 0.129 e. The van der Waals surface area contributed by atoms with E-state index in [2.05, 4.69) is 15.9 Å². The van der Waals surface area contributed by atoms with Crippen LogP contribution in [0.5, 0.6) is 0 Å². The molecule has 0 fully saturated rings. The van der Waals surface area contributed by atoms with Crippen LogP contribution in [0.3, 0.4) is 0 Å². The standard InChI is InChI=1S/C14H11BrF3N/c15-12-4-3-9(16)6-11(12)14(19)5-8-1-2-10(17)7-13(8)18/h1-4,6-7,14H,5,19H2. The number of hydrogen-bond acceptors (Lipinski definition) is 1. The molecule has 0 aliphatic rings. The predicted molar refractivity (Wildman–Crippen MR) is 71.1 cm³/mol. The summed E-state index contributed by atoms with van der Waals surface area (Å²) in [6.45, 7) is 0. The van der Waals surface area contributed by atoms with Crippen LogP contribution in [-0.4, -0.2) is 0 Å². The maximum atomic E-state index is 13.5. The first-order chi connectivity index (χ1) is 8.97. The molecule has 1 atom stereocenters. The molecule has 1 unspecified atom stereocenters. The first kappa shape index (κ1) is 14.1. The Morgan fingerprint density at radius 1 is 1.00 bits per heavy atom. The molecule has 0 amide bonds. The molecule has 1 nitrogen and oxygen atoms in total. The van der Waals surface area contributed by atoms with E-state index in [9.17, 15) is 13.2 Å². The largest absolute Gasteiger partial charge is 0.324 e. The van der Waals surface area contributed by atoms with Gasteiger partial charge in [0.15, 0.2) is 0 Å². The van der Waals surface area contributed by atoms with E-state index in [-0.39, 0.29) is 6.42 Å². The zero-order valence-corrected chi connectivity index (χ0v) is 11.4. The second kappa shape index (κ2) is 5.75. The van der Waals surface area contributed by atoms with Crippen molar-refractivity contribution in [2.24, 2.45) is 5.73 Å². The Hall–Kier alpha value is -1.33. The molecule has 0 aliphatic heterocycles. The van der Waals surface area contributed by atoms with Gasteiger partial charge in [-0.3, -0.25) is 0 Å². The third-order valence-electron chi connectivity index (χ3n) is 2.81. The summed E-state index contributed by atoms with van der Waals surface area (Å²) in [6, 6.07) is 6.90. The Bertz CT molecular complexity index is 601. The Morgan fingerprint density at radius 3 is 2.32 bits per heavy atom. The van der Waals surface area contributed by atoms with E-state index in [0.717, 1.165) is 6.07 Å². The van der Waals surface area contributed by atoms with Crippen molar-refractivity contribution in [3.63, 3.8) is 0 Å². The Labute approximate surface area is 117 Å². The molecule has 0 spiro atoms. The van der Waals surface area contributed by atoms with E-state index >= 15 is 0 Å². The summed E-state index contributed by atoms with van der Waals surface area (Å²) in [5.41, 5.74) is 6.79. The number of halogens is 4. The lowest BCUT2D eigenvalue weighted by atomic mass is 9.99. The van der Waals surface area contributed by atoms with E-state index in [1.54, 1.807) is 6.07 Å². The third-order valence-corrected chi connectivity index (χ3v) is 3.53. The molecule has 0 saturated heterocycles. The summed E-state index contributed by atoms with van der Waals surface area (Å²) >= 11 is 3.27. The lowest BCUT2D eigenvalue weighted by molar-refractivity contribution is 0.561. The minimum absolute atomic E-state index is 0.161. The average molecular weight is 330 g/mol. The second-order valence-electron chi connectivity index (χ2n) is 4.21. The molecule has 5 heteroatoms. The van der Waals surface area contributed by atoms with Crippen LogP contribution in [-0.2, 0) is 6.42 Å². The number of nitrogens with two attached hydrogens (primary N) is 1. The van der Waals surface area contributed by atoms with E-state index in [4.69, 9.17) is 5.73 Å². The van der Waals surface area contributed by atoms with E-state index in [0.29, 0.717) is 15.6 Å². The maximum absolute atomic E-state index is 13.5. The highest BCUT2D eigenvalue weighted by Gasteiger charge is 2.14. The third kappa shape index (κ3) is 3.36. The molecular weight excluding hydrogens is 319 g/mol. The molecule has 19 heavy (non-hydrogen) atoms. The molecule has 0 aromatic heterocycles. The fraction of sp³-hybridized carbons (Fsp3) is 0.143. The SMILES string of the molecule is NC(Cc1ccc(F)cc1F)c1cc(F)ccc1Br. The zero-order chi connectivity index (χ0) is 14.0. The van der Waals surface area contributed by atoms with E-state index in [1.807, 2.05) is 0 Å². The molecule has 0 radical (unpaired) electrons. The van der Waals surface area contributed by atoms with Gasteiger partial charge in [-0.25, -0.2) is 13.2 Å². The van der Waals surface area contributed by atoms with Gasteiger partial charge in [0, 0.05) is 16.6 Å². The lowest BCUT2D eigenvalue weighted by Crippen LogP contribution is -2.15. The summed E-state index contributed by atoms with van der Waals surface area (Å²) in [6.07, 6.45) is 0.161. The van der Waals surface area contributed by atoms with Gasteiger partial charge in [-0.2, -0.15) is 0 Å². The summed E-state index contributed by atoms with van der Waals surface area (Å²) in [5, 5.41) is 0. The first-order valence-corrected chi connectivity index (χ1v) is 6.41. The quantitative estimate of drug-likeness (QED) is 0.901. The van der Waals surface area contributed by atoms with Gasteiger partial charge in [0.1, 0.15) is 17.5 Å². The van der Waals surface area contributed by atoms with Crippen molar-refractivity contribution in [2.75, 3.05) is 0 Å². The van der Waals surface area contributed by atoms with Crippen LogP contribution in [0.1, 0.15) is 17.2 Å². The van der Waals surface area contributed by atoms with Gasteiger partial charge in [-0.05, 0) is 41.8 Å². The molecule has 0 bridgehead atoms. The lowest BCUT2D eigenvalue weighted by Gasteiger charge is -2.14. The van der Waals surface area contributed by atoms with Gasteiger partial charge in [0.05, 0.1) is 0 Å². The van der Waals surface area contributed by atoms with Crippen LogP contribution in [0, 0.1) is 17.5 Å². The molecule has 2 aromatic carbocycles. The van der Waals surface area contributed by atoms with Gasteiger partial charge in [-0.15, -0.1) is 0 Å². The van der Waals surface area contributed by atoms with Gasteiger partial charge < -0.3 is 5.73 Å². The van der Waals surface area contributed by atoms with Crippen LogP contribution in [0.15, 0.2) is 40.9 Å². The summed E-state index contributed by atoms with van der Waals surface area (Å²) in [7, 11) is 0. The fourth-order valence-corrected chi connectivity index (χ4v) is 2.37. The van der Waals surface area contributed by atoms with Crippen LogP contribution in [0.2, 0.25) is 0 Å². The van der Waals surface area contributed by atoms with Crippen LogP contribution in [0.4, 0.5) is 13.2 Å². The molecule has 0 saturated carbocycles. The van der Waals surface area contributed by atoms with Crippen molar-refractivity contribution in [2.45, 2.75) is 12.5 Å². The molecular formula is C14H11BrF3N. The zero-order valence-electron chi connectivity index (χ0n) is 9.84. The van der Waals surface area contributed by atoms with Crippen LogP contribution in [0.25, 0.3) is 0 Å². The summed E-state index contributed by atoms with van der Waals surface area (Å²) < 4.78 is 40.2. The topological polar surface area (TPSA) is 26.0 Å². The summed E-state index contributed by atoms with van der Waals surface area (Å²) in [4.78, 5) is 0. The van der Waals surface area contributed by atoms with Crippen LogP contribution < -0.4 is 5.73 Å². The van der Waals surface area contributed by atoms with Crippen molar-refractivity contribution >= 4 is 15.9 Å². The van der Waals surface area contributed by atoms with E-state index < -0.39 is 23.5 Å². The van der Waals surface area contributed by atoms with Gasteiger partial charge >= 0.3 is 0 Å². The van der Waals surface area contributed by atoms with Gasteiger partial charge in [0.25, 0.3) is 0 Å². The summed E-state index contributed by atoms with van der Waals surface area (Å²) in [5.74, 6) is -1.70. The van der Waals surface area contributed by atoms with Crippen molar-refractivity contribution in [3.05, 3.63) is 69.4 Å². The van der Waals surface area contributed by atoms with Crippen molar-refractivity contribution < 1.29 is 13.2 Å². The van der Waals surface area contributed by atoms with Gasteiger partial charge in [-0.1, -0.05) is 22.0 Å². The smallest absolute Gasteiger partial charge is 0.129 e. The molecule has 0 aliphatic carbocycles. The van der Waals surface area contributed by atoms with Crippen LogP contribution >= 0.6 is 15.9 Å². The van der Waals surface area contributed by atoms with Crippen molar-refractivity contribution in [3.8, 4) is 0 Å². The highest BCUT2D eigenvalue weighted by molar-refractivity contribution is 9.10. The average Bonchev–Trinajstić information content (AvgIpc) is 2.35. The fourth-order valence-electron chi connectivity index (χ4n) is 1.83. The Balaban J connectivity index is 2.25. The monoisotopic (exact) mass is 329 g/mol. The minimum atomic E-state index is -0.650. The first-order valence-electron chi connectivity index (χ1n) is 5.62. The second-order valence-corrected chi connectivity index (χ2v) is 5.07. The highest BCUT2D eigenvalue weighted by Crippen LogP contribution is 2.26. The molecule has 2 rings (SSSR count). The highest BCUT2D eigenvalue weighted by atomic mass is 79.9. The molecule has 0 heterocycles. The van der Waals surface area contributed by atoms with Crippen molar-refractivity contribution in [1.82, 2.24) is 0 Å². The number of benzene rings is 2. The molecule has 2 N–H and O–H groups in total. The van der Waals surface area contributed by atoms with Crippen molar-refractivity contribution in [1.29, 1.82) is 0 Å². The normalized spacial score (nSPS) is 12.5. The Kier molecular flexibility index (Phi) is 4.27. The minimum Gasteiger partial charge on any atom is -0.324 e.